The van der Waals surface area contributed by atoms with E-state index in [2.05, 4.69) is 44.9 Å². The molecule has 3 aromatic heterocycles. The third-order valence-electron chi connectivity index (χ3n) is 7.36. The fraction of sp³-hybridized carbons (Fsp3) is 0.591. The van der Waals surface area contributed by atoms with Gasteiger partial charge in [-0.1, -0.05) is 0 Å². The highest BCUT2D eigenvalue weighted by Gasteiger charge is 2.41. The molecule has 2 saturated heterocycles. The minimum absolute atomic E-state index is 0.286. The molecule has 1 saturated carbocycles. The van der Waals surface area contributed by atoms with Gasteiger partial charge >= 0.3 is 0 Å². The van der Waals surface area contributed by atoms with E-state index in [0.29, 0.717) is 17.2 Å². The smallest absolute Gasteiger partial charge is 0.169 e. The van der Waals surface area contributed by atoms with Crippen molar-refractivity contribution in [2.24, 2.45) is 5.41 Å². The largest absolute Gasteiger partial charge is 0.382 e. The topological polar surface area (TPSA) is 97.9 Å². The van der Waals surface area contributed by atoms with E-state index in [-0.39, 0.29) is 6.04 Å². The molecule has 3 N–H and O–H groups in total. The van der Waals surface area contributed by atoms with Gasteiger partial charge in [-0.3, -0.25) is 5.10 Å². The maximum Gasteiger partial charge on any atom is 0.169 e. The quantitative estimate of drug-likeness (QED) is 0.646. The van der Waals surface area contributed by atoms with Crippen molar-refractivity contribution in [3.63, 3.8) is 0 Å². The van der Waals surface area contributed by atoms with Gasteiger partial charge in [-0.2, -0.15) is 21.5 Å². The third kappa shape index (κ3) is 3.20. The number of pyridine rings is 1. The lowest BCUT2D eigenvalue weighted by molar-refractivity contribution is 0.0985. The Balaban J connectivity index is 1.47. The maximum absolute atomic E-state index is 6.49. The summed E-state index contributed by atoms with van der Waals surface area (Å²) in [6.45, 7) is 4.49. The second-order valence-electron chi connectivity index (χ2n) is 9.39. The number of nitrogens with two attached hydrogens (primary N) is 1. The van der Waals surface area contributed by atoms with Crippen molar-refractivity contribution in [1.82, 2.24) is 25.0 Å². The molecule has 1 atom stereocenters. The zero-order chi connectivity index (χ0) is 21.0. The Bertz CT molecular complexity index is 1080. The Morgan fingerprint density at radius 3 is 2.81 bits per heavy atom. The Morgan fingerprint density at radius 2 is 2.13 bits per heavy atom. The number of ether oxygens (including phenoxy) is 1. The molecule has 0 unspecified atom stereocenters. The SMILES string of the molecule is C[C@@H]1COCCN1c1cc(C2CCC3(CC2)CSC3)c2c(N)nn(-c3ccn[nH]3)c2n1. The predicted octanol–water partition coefficient (Wildman–Crippen LogP) is 3.34. The van der Waals surface area contributed by atoms with Crippen molar-refractivity contribution in [2.75, 3.05) is 41.9 Å². The van der Waals surface area contributed by atoms with E-state index in [4.69, 9.17) is 15.5 Å². The number of fused-ring (bicyclic) bond motifs is 1. The fourth-order valence-corrected chi connectivity index (χ4v) is 6.81. The van der Waals surface area contributed by atoms with Gasteiger partial charge < -0.3 is 15.4 Å². The summed E-state index contributed by atoms with van der Waals surface area (Å²) in [5.74, 6) is 5.50. The highest BCUT2D eigenvalue weighted by atomic mass is 32.2. The number of H-pyrrole nitrogens is 1. The summed E-state index contributed by atoms with van der Waals surface area (Å²) in [4.78, 5) is 7.44. The van der Waals surface area contributed by atoms with Gasteiger partial charge in [0.25, 0.3) is 0 Å². The maximum atomic E-state index is 6.49. The van der Waals surface area contributed by atoms with Crippen LogP contribution in [0.1, 0.15) is 44.1 Å². The standard InChI is InChI=1S/C22H29N7OS/c1-14-11-30-9-8-28(14)18-10-16(15-2-5-22(6-3-15)12-31-13-22)19-20(23)27-29(21(19)25-18)17-4-7-24-26-17/h4,7,10,14-15H,2-3,5-6,8-9,11-13H2,1H3,(H2,23,27)(H,24,26)/t14-/m1/s1. The molecule has 0 amide bonds. The van der Waals surface area contributed by atoms with Crippen LogP contribution in [0.5, 0.6) is 0 Å². The van der Waals surface area contributed by atoms with E-state index in [0.717, 1.165) is 42.4 Å². The number of aromatic nitrogens is 5. The minimum atomic E-state index is 0.286. The Morgan fingerprint density at radius 1 is 1.29 bits per heavy atom. The van der Waals surface area contributed by atoms with Gasteiger partial charge in [0.2, 0.25) is 0 Å². The molecule has 5 heterocycles. The van der Waals surface area contributed by atoms with Gasteiger partial charge in [0.1, 0.15) is 5.82 Å². The van der Waals surface area contributed by atoms with E-state index in [1.807, 2.05) is 10.7 Å². The highest BCUT2D eigenvalue weighted by Crippen LogP contribution is 2.53. The van der Waals surface area contributed by atoms with Gasteiger partial charge in [0, 0.05) is 12.6 Å². The molecule has 2 aliphatic heterocycles. The van der Waals surface area contributed by atoms with E-state index >= 15 is 0 Å². The van der Waals surface area contributed by atoms with E-state index in [9.17, 15) is 0 Å². The molecule has 31 heavy (non-hydrogen) atoms. The minimum Gasteiger partial charge on any atom is -0.382 e. The summed E-state index contributed by atoms with van der Waals surface area (Å²) in [6.07, 6.45) is 6.78. The summed E-state index contributed by atoms with van der Waals surface area (Å²) in [6, 6.07) is 4.47. The molecule has 3 aromatic rings. The molecule has 0 aromatic carbocycles. The van der Waals surface area contributed by atoms with Crippen molar-refractivity contribution >= 4 is 34.4 Å². The molecule has 3 fully saturated rings. The predicted molar refractivity (Wildman–Crippen MR) is 124 cm³/mol. The molecule has 0 radical (unpaired) electrons. The van der Waals surface area contributed by atoms with E-state index in [1.165, 1.54) is 42.8 Å². The summed E-state index contributed by atoms with van der Waals surface area (Å²) >= 11 is 2.10. The molecule has 8 nitrogen and oxygen atoms in total. The van der Waals surface area contributed by atoms with Crippen molar-refractivity contribution < 1.29 is 4.74 Å². The van der Waals surface area contributed by atoms with Crippen LogP contribution in [0.25, 0.3) is 16.9 Å². The molecule has 1 spiro atoms. The number of hydrogen-bond acceptors (Lipinski definition) is 7. The molecule has 3 aliphatic rings. The Labute approximate surface area is 185 Å². The Kier molecular flexibility index (Phi) is 4.64. The van der Waals surface area contributed by atoms with Gasteiger partial charge in [-0.05, 0) is 67.1 Å². The summed E-state index contributed by atoms with van der Waals surface area (Å²) in [5, 5.41) is 12.8. The number of rotatable bonds is 3. The van der Waals surface area contributed by atoms with Crippen LogP contribution in [0.2, 0.25) is 0 Å². The van der Waals surface area contributed by atoms with Crippen LogP contribution in [-0.4, -0.2) is 62.3 Å². The van der Waals surface area contributed by atoms with Crippen LogP contribution in [-0.2, 0) is 4.74 Å². The lowest BCUT2D eigenvalue weighted by Crippen LogP contribution is -2.44. The first-order valence-corrected chi connectivity index (χ1v) is 12.4. The van der Waals surface area contributed by atoms with Crippen molar-refractivity contribution in [3.8, 4) is 5.82 Å². The second kappa shape index (κ2) is 7.41. The van der Waals surface area contributed by atoms with Gasteiger partial charge in [-0.25, -0.2) is 4.98 Å². The lowest BCUT2D eigenvalue weighted by Gasteiger charge is -2.46. The average Bonchev–Trinajstić information content (AvgIpc) is 3.41. The molecule has 0 bridgehead atoms. The second-order valence-corrected chi connectivity index (χ2v) is 10.4. The fourth-order valence-electron chi connectivity index (χ4n) is 5.45. The van der Waals surface area contributed by atoms with Crippen molar-refractivity contribution in [3.05, 3.63) is 23.9 Å². The van der Waals surface area contributed by atoms with Crippen LogP contribution in [0.4, 0.5) is 11.6 Å². The molecular formula is C22H29N7OS. The Hall–Kier alpha value is -2.26. The molecule has 6 rings (SSSR count). The van der Waals surface area contributed by atoms with Crippen molar-refractivity contribution in [1.29, 1.82) is 0 Å². The zero-order valence-electron chi connectivity index (χ0n) is 17.9. The van der Waals surface area contributed by atoms with Crippen LogP contribution in [0, 0.1) is 5.41 Å². The number of hydrogen-bond donors (Lipinski definition) is 2. The first-order valence-electron chi connectivity index (χ1n) is 11.2. The van der Waals surface area contributed by atoms with Gasteiger partial charge in [0.05, 0.1) is 30.8 Å². The molecule has 164 valence electrons. The zero-order valence-corrected chi connectivity index (χ0v) is 18.7. The van der Waals surface area contributed by atoms with Gasteiger partial charge in [-0.15, -0.1) is 5.10 Å². The first-order chi connectivity index (χ1) is 15.1. The van der Waals surface area contributed by atoms with Crippen LogP contribution >= 0.6 is 11.8 Å². The highest BCUT2D eigenvalue weighted by molar-refractivity contribution is 8.00. The number of morpholine rings is 1. The van der Waals surface area contributed by atoms with Crippen LogP contribution in [0.15, 0.2) is 18.3 Å². The van der Waals surface area contributed by atoms with E-state index < -0.39 is 0 Å². The third-order valence-corrected chi connectivity index (χ3v) is 8.99. The van der Waals surface area contributed by atoms with Crippen molar-refractivity contribution in [2.45, 2.75) is 44.6 Å². The molecular weight excluding hydrogens is 410 g/mol. The normalized spacial score (nSPS) is 24.0. The lowest BCUT2D eigenvalue weighted by atomic mass is 9.70. The first kappa shape index (κ1) is 19.4. The average molecular weight is 440 g/mol. The number of nitrogens with one attached hydrogen (secondary N) is 1. The molecule has 9 heteroatoms. The summed E-state index contributed by atoms with van der Waals surface area (Å²) in [5.41, 5.74) is 9.21. The van der Waals surface area contributed by atoms with Gasteiger partial charge in [0.15, 0.2) is 17.3 Å². The number of thioether (sulfide) groups is 1. The number of nitrogens with zero attached hydrogens (tertiary/aromatic N) is 5. The summed E-state index contributed by atoms with van der Waals surface area (Å²) < 4.78 is 7.48. The number of nitrogen functional groups attached to an aromatic ring is 1. The number of aromatic amines is 1. The van der Waals surface area contributed by atoms with Crippen LogP contribution in [0.3, 0.4) is 0 Å². The monoisotopic (exact) mass is 439 g/mol. The number of anilines is 2. The van der Waals surface area contributed by atoms with Crippen LogP contribution < -0.4 is 10.6 Å². The summed E-state index contributed by atoms with van der Waals surface area (Å²) in [7, 11) is 0. The van der Waals surface area contributed by atoms with E-state index in [1.54, 1.807) is 6.20 Å². The molecule has 1 aliphatic carbocycles.